The van der Waals surface area contributed by atoms with E-state index in [1.165, 1.54) is 0 Å². The van der Waals surface area contributed by atoms with Gasteiger partial charge in [-0.2, -0.15) is 0 Å². The molecular formula is C17H16N2O. The lowest BCUT2D eigenvalue weighted by molar-refractivity contribution is 0.0999. The Bertz CT molecular complexity index is 675. The quantitative estimate of drug-likeness (QED) is 0.926. The predicted octanol–water partition coefficient (Wildman–Crippen LogP) is 2.84. The van der Waals surface area contributed by atoms with Gasteiger partial charge < -0.3 is 5.73 Å². The van der Waals surface area contributed by atoms with Crippen molar-refractivity contribution in [3.63, 3.8) is 0 Å². The Balaban J connectivity index is 2.00. The molecule has 0 spiro atoms. The number of nitrogens with zero attached hydrogens (tertiary/aromatic N) is 1. The Morgan fingerprint density at radius 1 is 1.15 bits per heavy atom. The summed E-state index contributed by atoms with van der Waals surface area (Å²) in [5.74, 6) is -0.417. The van der Waals surface area contributed by atoms with Gasteiger partial charge in [0.1, 0.15) is 0 Å². The number of benzene rings is 1. The first-order chi connectivity index (χ1) is 9.74. The van der Waals surface area contributed by atoms with Crippen molar-refractivity contribution in [2.24, 2.45) is 5.73 Å². The molecule has 1 aliphatic rings. The van der Waals surface area contributed by atoms with Gasteiger partial charge in [-0.25, -0.2) is 0 Å². The van der Waals surface area contributed by atoms with Crippen molar-refractivity contribution in [1.29, 1.82) is 0 Å². The number of aryl methyl sites for hydroxylation is 2. The minimum absolute atomic E-state index is 0.417. The highest BCUT2D eigenvalue weighted by atomic mass is 16.1. The fraction of sp³-hybridized carbons (Fsp3) is 0.176. The normalized spacial score (nSPS) is 13.6. The fourth-order valence-corrected chi connectivity index (χ4v) is 2.55. The summed E-state index contributed by atoms with van der Waals surface area (Å²) in [6, 6.07) is 11.8. The van der Waals surface area contributed by atoms with E-state index in [0.717, 1.165) is 36.1 Å². The van der Waals surface area contributed by atoms with Crippen molar-refractivity contribution in [3.05, 3.63) is 64.5 Å². The van der Waals surface area contributed by atoms with Crippen LogP contribution in [0.15, 0.2) is 36.4 Å². The van der Waals surface area contributed by atoms with Crippen molar-refractivity contribution in [2.45, 2.75) is 19.3 Å². The first-order valence-corrected chi connectivity index (χ1v) is 6.80. The van der Waals surface area contributed by atoms with Crippen molar-refractivity contribution in [2.75, 3.05) is 0 Å². The number of pyridine rings is 1. The second-order valence-corrected chi connectivity index (χ2v) is 4.99. The van der Waals surface area contributed by atoms with Crippen molar-refractivity contribution >= 4 is 18.1 Å². The number of aromatic nitrogens is 1. The lowest BCUT2D eigenvalue weighted by Gasteiger charge is -2.06. The maximum absolute atomic E-state index is 11.6. The predicted molar refractivity (Wildman–Crippen MR) is 80.1 cm³/mol. The Labute approximate surface area is 118 Å². The summed E-state index contributed by atoms with van der Waals surface area (Å²) in [5.41, 5.74) is 9.98. The highest BCUT2D eigenvalue weighted by Crippen LogP contribution is 2.23. The molecule has 3 nitrogen and oxygen atoms in total. The molecule has 3 rings (SSSR count). The molecule has 0 saturated heterocycles. The van der Waals surface area contributed by atoms with E-state index in [4.69, 9.17) is 5.73 Å². The van der Waals surface area contributed by atoms with Crippen LogP contribution in [0.4, 0.5) is 0 Å². The molecule has 2 aromatic rings. The molecule has 0 saturated carbocycles. The molecule has 0 aliphatic heterocycles. The molecule has 1 heterocycles. The van der Waals surface area contributed by atoms with Crippen molar-refractivity contribution < 1.29 is 4.79 Å². The molecular weight excluding hydrogens is 248 g/mol. The molecule has 2 N–H and O–H groups in total. The van der Waals surface area contributed by atoms with Gasteiger partial charge in [0.25, 0.3) is 5.91 Å². The molecule has 20 heavy (non-hydrogen) atoms. The fourth-order valence-electron chi connectivity index (χ4n) is 2.55. The first-order valence-electron chi connectivity index (χ1n) is 6.80. The van der Waals surface area contributed by atoms with E-state index in [0.29, 0.717) is 11.3 Å². The van der Waals surface area contributed by atoms with Gasteiger partial charge in [0, 0.05) is 5.69 Å². The minimum Gasteiger partial charge on any atom is -0.366 e. The Hall–Kier alpha value is -2.42. The van der Waals surface area contributed by atoms with Crippen LogP contribution in [0.3, 0.4) is 0 Å². The summed E-state index contributed by atoms with van der Waals surface area (Å²) >= 11 is 0. The van der Waals surface area contributed by atoms with Gasteiger partial charge in [-0.1, -0.05) is 36.4 Å². The molecule has 0 radical (unpaired) electrons. The Kier molecular flexibility index (Phi) is 3.33. The zero-order chi connectivity index (χ0) is 13.9. The molecule has 1 amide bonds. The number of carbonyl (C=O) groups is 1. The van der Waals surface area contributed by atoms with Gasteiger partial charge in [-0.05, 0) is 42.5 Å². The Morgan fingerprint density at radius 2 is 1.95 bits per heavy atom. The third-order valence-corrected chi connectivity index (χ3v) is 3.58. The molecule has 0 unspecified atom stereocenters. The SMILES string of the molecule is NC(=O)c1cc2c(nc1C=Cc1ccccc1)CCC2. The van der Waals surface area contributed by atoms with E-state index in [1.807, 2.05) is 48.6 Å². The van der Waals surface area contributed by atoms with Crippen LogP contribution in [0.5, 0.6) is 0 Å². The summed E-state index contributed by atoms with van der Waals surface area (Å²) in [7, 11) is 0. The maximum atomic E-state index is 11.6. The number of hydrogen-bond donors (Lipinski definition) is 1. The van der Waals surface area contributed by atoms with Crippen LogP contribution < -0.4 is 5.73 Å². The molecule has 0 atom stereocenters. The van der Waals surface area contributed by atoms with Gasteiger partial charge in [0.2, 0.25) is 0 Å². The van der Waals surface area contributed by atoms with Gasteiger partial charge >= 0.3 is 0 Å². The molecule has 0 bridgehead atoms. The Morgan fingerprint density at radius 3 is 2.70 bits per heavy atom. The average molecular weight is 264 g/mol. The largest absolute Gasteiger partial charge is 0.366 e. The monoisotopic (exact) mass is 264 g/mol. The van der Waals surface area contributed by atoms with Gasteiger partial charge in [-0.15, -0.1) is 0 Å². The molecule has 1 aromatic carbocycles. The van der Waals surface area contributed by atoms with Gasteiger partial charge in [-0.3, -0.25) is 9.78 Å². The number of hydrogen-bond acceptors (Lipinski definition) is 2. The molecule has 0 fully saturated rings. The highest BCUT2D eigenvalue weighted by Gasteiger charge is 2.17. The van der Waals surface area contributed by atoms with Gasteiger partial charge in [0.05, 0.1) is 11.3 Å². The van der Waals surface area contributed by atoms with Crippen LogP contribution >= 0.6 is 0 Å². The molecule has 100 valence electrons. The standard InChI is InChI=1S/C17H16N2O/c18-17(20)14-11-13-7-4-8-15(13)19-16(14)10-9-12-5-2-1-3-6-12/h1-3,5-6,9-11H,4,7-8H2,(H2,18,20). The zero-order valence-corrected chi connectivity index (χ0v) is 11.2. The summed E-state index contributed by atoms with van der Waals surface area (Å²) in [6.07, 6.45) is 6.91. The molecule has 1 aliphatic carbocycles. The van der Waals surface area contributed by atoms with Crippen LogP contribution in [0.1, 0.15) is 39.3 Å². The number of fused-ring (bicyclic) bond motifs is 1. The van der Waals surface area contributed by atoms with Crippen molar-refractivity contribution in [1.82, 2.24) is 4.98 Å². The first kappa shape index (κ1) is 12.6. The number of rotatable bonds is 3. The second-order valence-electron chi connectivity index (χ2n) is 4.99. The minimum atomic E-state index is -0.417. The second kappa shape index (κ2) is 5.29. The molecule has 3 heteroatoms. The van der Waals surface area contributed by atoms with E-state index < -0.39 is 5.91 Å². The van der Waals surface area contributed by atoms with E-state index >= 15 is 0 Å². The summed E-state index contributed by atoms with van der Waals surface area (Å²) in [6.45, 7) is 0. The van der Waals surface area contributed by atoms with Crippen LogP contribution in [0, 0.1) is 0 Å². The van der Waals surface area contributed by atoms with E-state index in [1.54, 1.807) is 0 Å². The summed E-state index contributed by atoms with van der Waals surface area (Å²) < 4.78 is 0. The summed E-state index contributed by atoms with van der Waals surface area (Å²) in [5, 5.41) is 0. The van der Waals surface area contributed by atoms with E-state index in [9.17, 15) is 4.79 Å². The number of carbonyl (C=O) groups excluding carboxylic acids is 1. The summed E-state index contributed by atoms with van der Waals surface area (Å²) in [4.78, 5) is 16.2. The maximum Gasteiger partial charge on any atom is 0.250 e. The third kappa shape index (κ3) is 2.48. The average Bonchev–Trinajstić information content (AvgIpc) is 2.92. The van der Waals surface area contributed by atoms with Crippen LogP contribution in [-0.4, -0.2) is 10.9 Å². The lowest BCUT2D eigenvalue weighted by Crippen LogP contribution is -2.14. The van der Waals surface area contributed by atoms with Gasteiger partial charge in [0.15, 0.2) is 0 Å². The lowest BCUT2D eigenvalue weighted by atomic mass is 10.1. The van der Waals surface area contributed by atoms with E-state index in [-0.39, 0.29) is 0 Å². The number of primary amides is 1. The van der Waals surface area contributed by atoms with Crippen molar-refractivity contribution in [3.8, 4) is 0 Å². The number of nitrogens with two attached hydrogens (primary N) is 1. The van der Waals surface area contributed by atoms with E-state index in [2.05, 4.69) is 4.98 Å². The third-order valence-electron chi connectivity index (χ3n) is 3.58. The topological polar surface area (TPSA) is 56.0 Å². The van der Waals surface area contributed by atoms with Crippen LogP contribution in [-0.2, 0) is 12.8 Å². The number of amides is 1. The van der Waals surface area contributed by atoms with Crippen LogP contribution in [0.2, 0.25) is 0 Å². The van der Waals surface area contributed by atoms with Crippen LogP contribution in [0.25, 0.3) is 12.2 Å². The zero-order valence-electron chi connectivity index (χ0n) is 11.2. The molecule has 1 aromatic heterocycles. The highest BCUT2D eigenvalue weighted by molar-refractivity contribution is 5.97. The smallest absolute Gasteiger partial charge is 0.250 e.